The second-order valence-electron chi connectivity index (χ2n) is 4.83. The Balaban J connectivity index is 2.13. The Morgan fingerprint density at radius 2 is 1.61 bits per heavy atom. The molecule has 0 saturated carbocycles. The summed E-state index contributed by atoms with van der Waals surface area (Å²) < 4.78 is 0. The minimum atomic E-state index is -0.831. The maximum absolute atomic E-state index is 10.2. The van der Waals surface area contributed by atoms with E-state index in [1.807, 2.05) is 24.3 Å². The minimum Gasteiger partial charge on any atom is -0.386 e. The van der Waals surface area contributed by atoms with Gasteiger partial charge >= 0.3 is 0 Å². The van der Waals surface area contributed by atoms with Crippen LogP contribution in [-0.4, -0.2) is 22.4 Å². The van der Waals surface area contributed by atoms with Crippen molar-refractivity contribution in [2.45, 2.75) is 12.2 Å². The molecule has 2 nitrogen and oxygen atoms in total. The molecule has 2 N–H and O–H groups in total. The van der Waals surface area contributed by atoms with E-state index in [1.165, 1.54) is 10.8 Å². The zero-order chi connectivity index (χ0) is 12.3. The molecule has 0 aliphatic heterocycles. The lowest BCUT2D eigenvalue weighted by Gasteiger charge is -2.22. The first-order valence-corrected chi connectivity index (χ1v) is 6.08. The minimum absolute atomic E-state index is 0.812. The third kappa shape index (κ3) is 1.09. The molecule has 0 bridgehead atoms. The van der Waals surface area contributed by atoms with Crippen LogP contribution in [0.1, 0.15) is 11.1 Å². The van der Waals surface area contributed by atoms with E-state index in [9.17, 15) is 10.2 Å². The van der Waals surface area contributed by atoms with Crippen LogP contribution in [0.3, 0.4) is 0 Å². The van der Waals surface area contributed by atoms with E-state index in [2.05, 4.69) is 18.2 Å². The first kappa shape index (κ1) is 10.1. The molecule has 2 atom stereocenters. The fourth-order valence-corrected chi connectivity index (χ4v) is 3.05. The number of benzene rings is 2. The maximum Gasteiger partial charge on any atom is 0.110 e. The normalized spacial score (nSPS) is 24.8. The fraction of sp³-hybridized carbons (Fsp3) is 0.125. The SMILES string of the molecule is O[C@@H]1C2=C(C=C[C@@H]1O)c1cccc3cccc2c13. The summed E-state index contributed by atoms with van der Waals surface area (Å²) in [6.45, 7) is 0. The maximum atomic E-state index is 10.2. The third-order valence-corrected chi connectivity index (χ3v) is 3.85. The van der Waals surface area contributed by atoms with Crippen molar-refractivity contribution in [3.63, 3.8) is 0 Å². The van der Waals surface area contributed by atoms with Crippen LogP contribution >= 0.6 is 0 Å². The summed E-state index contributed by atoms with van der Waals surface area (Å²) in [7, 11) is 0. The highest BCUT2D eigenvalue weighted by atomic mass is 16.3. The van der Waals surface area contributed by atoms with Crippen LogP contribution in [0.4, 0.5) is 0 Å². The van der Waals surface area contributed by atoms with Crippen LogP contribution in [0.15, 0.2) is 48.6 Å². The van der Waals surface area contributed by atoms with Crippen molar-refractivity contribution in [2.75, 3.05) is 0 Å². The second kappa shape index (κ2) is 3.31. The van der Waals surface area contributed by atoms with Gasteiger partial charge in [0.2, 0.25) is 0 Å². The molecule has 88 valence electrons. The van der Waals surface area contributed by atoms with Crippen LogP contribution in [0.25, 0.3) is 21.9 Å². The van der Waals surface area contributed by atoms with Crippen molar-refractivity contribution in [3.05, 3.63) is 59.7 Å². The number of fused-ring (bicyclic) bond motifs is 2. The molecule has 0 amide bonds. The van der Waals surface area contributed by atoms with Gasteiger partial charge in [-0.15, -0.1) is 0 Å². The molecule has 2 aliphatic rings. The van der Waals surface area contributed by atoms with Gasteiger partial charge in [-0.1, -0.05) is 48.6 Å². The van der Waals surface area contributed by atoms with E-state index in [0.717, 1.165) is 22.3 Å². The lowest BCUT2D eigenvalue weighted by atomic mass is 9.91. The molecule has 2 heteroatoms. The molecule has 0 saturated heterocycles. The Morgan fingerprint density at radius 1 is 0.889 bits per heavy atom. The van der Waals surface area contributed by atoms with Gasteiger partial charge in [0.05, 0.1) is 0 Å². The standard InChI is InChI=1S/C16H12O2/c17-13-8-7-11-10-5-1-3-9-4-2-6-12(14(9)10)15(11)16(13)18/h1-8,13,16-18H/t13-,16-/m0/s1. The smallest absolute Gasteiger partial charge is 0.110 e. The van der Waals surface area contributed by atoms with Crippen molar-refractivity contribution < 1.29 is 10.2 Å². The summed E-state index contributed by atoms with van der Waals surface area (Å²) >= 11 is 0. The van der Waals surface area contributed by atoms with Crippen molar-refractivity contribution in [2.24, 2.45) is 0 Å². The molecule has 0 unspecified atom stereocenters. The zero-order valence-corrected chi connectivity index (χ0v) is 9.67. The van der Waals surface area contributed by atoms with Crippen molar-refractivity contribution in [1.29, 1.82) is 0 Å². The number of allylic oxidation sites excluding steroid dienone is 2. The van der Waals surface area contributed by atoms with Gasteiger partial charge in [-0.05, 0) is 33.0 Å². The van der Waals surface area contributed by atoms with E-state index >= 15 is 0 Å². The van der Waals surface area contributed by atoms with Gasteiger partial charge in [0, 0.05) is 0 Å². The molecule has 2 aromatic rings. The molecule has 18 heavy (non-hydrogen) atoms. The molecule has 2 aromatic carbocycles. The van der Waals surface area contributed by atoms with E-state index < -0.39 is 12.2 Å². The van der Waals surface area contributed by atoms with Gasteiger partial charge in [0.15, 0.2) is 0 Å². The van der Waals surface area contributed by atoms with Gasteiger partial charge < -0.3 is 10.2 Å². The Labute approximate surface area is 105 Å². The van der Waals surface area contributed by atoms with Gasteiger partial charge in [-0.2, -0.15) is 0 Å². The second-order valence-corrected chi connectivity index (χ2v) is 4.83. The molecule has 0 spiro atoms. The number of aliphatic hydroxyl groups excluding tert-OH is 2. The molecular weight excluding hydrogens is 224 g/mol. The zero-order valence-electron chi connectivity index (χ0n) is 9.67. The van der Waals surface area contributed by atoms with Gasteiger partial charge in [-0.3, -0.25) is 0 Å². The highest BCUT2D eigenvalue weighted by molar-refractivity contribution is 6.17. The summed E-state index contributed by atoms with van der Waals surface area (Å²) in [5.41, 5.74) is 4.10. The molecule has 4 rings (SSSR count). The van der Waals surface area contributed by atoms with Crippen molar-refractivity contribution >= 4 is 21.9 Å². The quantitative estimate of drug-likeness (QED) is 0.737. The molecule has 2 aliphatic carbocycles. The molecule has 0 heterocycles. The summed E-state index contributed by atoms with van der Waals surface area (Å²) in [6.07, 6.45) is 1.94. The van der Waals surface area contributed by atoms with Crippen molar-refractivity contribution in [1.82, 2.24) is 0 Å². The van der Waals surface area contributed by atoms with Crippen LogP contribution < -0.4 is 0 Å². The predicted molar refractivity (Wildman–Crippen MR) is 71.9 cm³/mol. The van der Waals surface area contributed by atoms with Gasteiger partial charge in [-0.25, -0.2) is 0 Å². The van der Waals surface area contributed by atoms with Crippen LogP contribution in [0.2, 0.25) is 0 Å². The van der Waals surface area contributed by atoms with E-state index in [0.29, 0.717) is 0 Å². The number of hydrogen-bond donors (Lipinski definition) is 2. The highest BCUT2D eigenvalue weighted by Crippen LogP contribution is 2.46. The van der Waals surface area contributed by atoms with E-state index in [1.54, 1.807) is 6.08 Å². The summed E-state index contributed by atoms with van der Waals surface area (Å²) in [6, 6.07) is 12.3. The lowest BCUT2D eigenvalue weighted by molar-refractivity contribution is 0.0865. The number of aliphatic hydroxyl groups is 2. The molecule has 0 aromatic heterocycles. The Morgan fingerprint density at radius 3 is 2.39 bits per heavy atom. The number of rotatable bonds is 0. The lowest BCUT2D eigenvalue weighted by Crippen LogP contribution is -2.27. The first-order chi connectivity index (χ1) is 8.77. The van der Waals surface area contributed by atoms with Gasteiger partial charge in [0.1, 0.15) is 12.2 Å². The third-order valence-electron chi connectivity index (χ3n) is 3.85. The average Bonchev–Trinajstić information content (AvgIpc) is 2.72. The number of hydrogen-bond acceptors (Lipinski definition) is 2. The highest BCUT2D eigenvalue weighted by Gasteiger charge is 2.32. The monoisotopic (exact) mass is 236 g/mol. The van der Waals surface area contributed by atoms with Gasteiger partial charge in [0.25, 0.3) is 0 Å². The Hall–Kier alpha value is -1.90. The van der Waals surface area contributed by atoms with E-state index in [-0.39, 0.29) is 0 Å². The average molecular weight is 236 g/mol. The summed E-state index contributed by atoms with van der Waals surface area (Å²) in [4.78, 5) is 0. The molecule has 0 fully saturated rings. The molecular formula is C16H12O2. The topological polar surface area (TPSA) is 40.5 Å². The van der Waals surface area contributed by atoms with Crippen molar-refractivity contribution in [3.8, 4) is 0 Å². The summed E-state index contributed by atoms with van der Waals surface area (Å²) in [5.74, 6) is 0. The Kier molecular flexibility index (Phi) is 1.85. The molecule has 0 radical (unpaired) electrons. The fourth-order valence-electron chi connectivity index (χ4n) is 3.05. The largest absolute Gasteiger partial charge is 0.386 e. The van der Waals surface area contributed by atoms with E-state index in [4.69, 9.17) is 0 Å². The summed E-state index contributed by atoms with van der Waals surface area (Å²) in [5, 5.41) is 22.4. The van der Waals surface area contributed by atoms with Crippen LogP contribution in [0.5, 0.6) is 0 Å². The van der Waals surface area contributed by atoms with Crippen LogP contribution in [0, 0.1) is 0 Å². The Bertz CT molecular complexity index is 720. The first-order valence-electron chi connectivity index (χ1n) is 6.08. The predicted octanol–water partition coefficient (Wildman–Crippen LogP) is 2.36. The van der Waals surface area contributed by atoms with Crippen LogP contribution in [-0.2, 0) is 0 Å².